The fourth-order valence-corrected chi connectivity index (χ4v) is 4.25. The van der Waals surface area contributed by atoms with Crippen LogP contribution in [0.15, 0.2) is 35.9 Å². The molecule has 1 atom stereocenters. The lowest BCUT2D eigenvalue weighted by atomic mass is 10.00. The van der Waals surface area contributed by atoms with Crippen molar-refractivity contribution in [3.63, 3.8) is 0 Å². The van der Waals surface area contributed by atoms with Gasteiger partial charge in [-0.15, -0.1) is 0 Å². The number of carbonyl (C=O) groups excluding carboxylic acids is 1. The van der Waals surface area contributed by atoms with Gasteiger partial charge in [-0.05, 0) is 63.8 Å². The molecule has 0 radical (unpaired) electrons. The van der Waals surface area contributed by atoms with Gasteiger partial charge in [0.25, 0.3) is 0 Å². The number of hydrogen-bond acceptors (Lipinski definition) is 4. The number of ether oxygens (including phenoxy) is 1. The van der Waals surface area contributed by atoms with Crippen LogP contribution in [0.2, 0.25) is 0 Å². The van der Waals surface area contributed by atoms with Crippen LogP contribution in [0.25, 0.3) is 0 Å². The van der Waals surface area contributed by atoms with Gasteiger partial charge in [-0.3, -0.25) is 9.10 Å². The van der Waals surface area contributed by atoms with Crippen LogP contribution >= 0.6 is 0 Å². The number of nitrogens with zero attached hydrogens (tertiary/aromatic N) is 1. The molecular formula is C19H28N2O4S. The zero-order chi connectivity index (χ0) is 19.2. The SMILES string of the molecule is CCOc1ccc(N(C(C)C(=O)NCC2=CCCCC2)S(C)(=O)=O)cc1. The molecule has 0 fully saturated rings. The number of allylic oxidation sites excluding steroid dienone is 1. The van der Waals surface area contributed by atoms with Gasteiger partial charge in [-0.25, -0.2) is 8.42 Å². The highest BCUT2D eigenvalue weighted by atomic mass is 32.2. The normalized spacial score (nSPS) is 15.7. The van der Waals surface area contributed by atoms with E-state index in [9.17, 15) is 13.2 Å². The zero-order valence-corrected chi connectivity index (χ0v) is 16.5. The predicted molar refractivity (Wildman–Crippen MR) is 104 cm³/mol. The number of nitrogens with one attached hydrogen (secondary N) is 1. The third-order valence-corrected chi connectivity index (χ3v) is 5.61. The summed E-state index contributed by atoms with van der Waals surface area (Å²) in [6.07, 6.45) is 7.63. The fourth-order valence-electron chi connectivity index (χ4n) is 3.08. The maximum Gasteiger partial charge on any atom is 0.243 e. The number of sulfonamides is 1. The molecule has 0 aliphatic heterocycles. The van der Waals surface area contributed by atoms with Crippen molar-refractivity contribution >= 4 is 21.6 Å². The second kappa shape index (κ2) is 9.07. The van der Waals surface area contributed by atoms with E-state index in [2.05, 4.69) is 11.4 Å². The van der Waals surface area contributed by atoms with Crippen LogP contribution in [0.4, 0.5) is 5.69 Å². The maximum atomic E-state index is 12.5. The lowest BCUT2D eigenvalue weighted by Crippen LogP contribution is -2.48. The minimum Gasteiger partial charge on any atom is -0.494 e. The van der Waals surface area contributed by atoms with Gasteiger partial charge in [-0.1, -0.05) is 11.6 Å². The summed E-state index contributed by atoms with van der Waals surface area (Å²) in [6, 6.07) is 5.87. The molecule has 1 N–H and O–H groups in total. The Bertz CT molecular complexity index is 741. The third-order valence-electron chi connectivity index (χ3n) is 4.37. The summed E-state index contributed by atoms with van der Waals surface area (Å²) >= 11 is 0. The molecule has 0 spiro atoms. The van der Waals surface area contributed by atoms with Crippen LogP contribution in [0.5, 0.6) is 5.75 Å². The molecule has 0 heterocycles. The minimum absolute atomic E-state index is 0.309. The van der Waals surface area contributed by atoms with E-state index in [0.717, 1.165) is 29.8 Å². The second-order valence-electron chi connectivity index (χ2n) is 6.49. The third kappa shape index (κ3) is 5.49. The van der Waals surface area contributed by atoms with E-state index in [0.29, 0.717) is 24.6 Å². The van der Waals surface area contributed by atoms with Crippen LogP contribution in [-0.4, -0.2) is 39.8 Å². The number of carbonyl (C=O) groups is 1. The van der Waals surface area contributed by atoms with Gasteiger partial charge in [0.05, 0.1) is 18.6 Å². The molecule has 2 rings (SSSR count). The van der Waals surface area contributed by atoms with E-state index in [1.807, 2.05) is 6.92 Å². The van der Waals surface area contributed by atoms with Crippen molar-refractivity contribution in [1.82, 2.24) is 5.32 Å². The topological polar surface area (TPSA) is 75.7 Å². The molecule has 0 saturated carbocycles. The zero-order valence-electron chi connectivity index (χ0n) is 15.7. The highest BCUT2D eigenvalue weighted by molar-refractivity contribution is 7.92. The number of amides is 1. The highest BCUT2D eigenvalue weighted by Gasteiger charge is 2.29. The maximum absolute atomic E-state index is 12.5. The predicted octanol–water partition coefficient (Wildman–Crippen LogP) is 2.86. The van der Waals surface area contributed by atoms with Crippen molar-refractivity contribution < 1.29 is 17.9 Å². The smallest absolute Gasteiger partial charge is 0.243 e. The molecule has 1 aliphatic carbocycles. The summed E-state index contributed by atoms with van der Waals surface area (Å²) in [6.45, 7) is 4.49. The van der Waals surface area contributed by atoms with E-state index in [1.54, 1.807) is 31.2 Å². The molecule has 0 aromatic heterocycles. The first kappa shape index (κ1) is 20.3. The van der Waals surface area contributed by atoms with E-state index in [4.69, 9.17) is 4.74 Å². The Labute approximate surface area is 156 Å². The average Bonchev–Trinajstić information content (AvgIpc) is 2.61. The Balaban J connectivity index is 2.12. The first-order valence-electron chi connectivity index (χ1n) is 9.00. The monoisotopic (exact) mass is 380 g/mol. The number of hydrogen-bond donors (Lipinski definition) is 1. The van der Waals surface area contributed by atoms with Crippen molar-refractivity contribution in [2.24, 2.45) is 0 Å². The standard InChI is InChI=1S/C19H28N2O4S/c1-4-25-18-12-10-17(11-13-18)21(26(3,23)24)15(2)19(22)20-14-16-8-6-5-7-9-16/h8,10-13,15H,4-7,9,14H2,1-3H3,(H,20,22). The van der Waals surface area contributed by atoms with E-state index in [1.165, 1.54) is 12.0 Å². The van der Waals surface area contributed by atoms with E-state index < -0.39 is 16.1 Å². The number of anilines is 1. The van der Waals surface area contributed by atoms with Gasteiger partial charge in [-0.2, -0.15) is 0 Å². The van der Waals surface area contributed by atoms with Crippen molar-refractivity contribution in [2.75, 3.05) is 23.7 Å². The van der Waals surface area contributed by atoms with Gasteiger partial charge in [0.1, 0.15) is 11.8 Å². The molecule has 6 nitrogen and oxygen atoms in total. The van der Waals surface area contributed by atoms with Gasteiger partial charge in [0, 0.05) is 6.54 Å². The minimum atomic E-state index is -3.61. The Kier molecular flexibility index (Phi) is 7.08. The summed E-state index contributed by atoms with van der Waals surface area (Å²) in [5.74, 6) is 0.349. The Morgan fingerprint density at radius 1 is 1.27 bits per heavy atom. The molecule has 1 aromatic rings. The van der Waals surface area contributed by atoms with E-state index in [-0.39, 0.29) is 5.91 Å². The molecule has 1 aliphatic rings. The summed E-state index contributed by atoms with van der Waals surface area (Å²) in [4.78, 5) is 12.5. The molecule has 0 saturated heterocycles. The van der Waals surface area contributed by atoms with Crippen LogP contribution in [0.1, 0.15) is 39.5 Å². The summed E-state index contributed by atoms with van der Waals surface area (Å²) in [5, 5.41) is 2.87. The summed E-state index contributed by atoms with van der Waals surface area (Å²) in [5.41, 5.74) is 1.65. The van der Waals surface area contributed by atoms with Crippen LogP contribution < -0.4 is 14.4 Å². The molecule has 1 aromatic carbocycles. The molecule has 1 amide bonds. The number of rotatable bonds is 8. The quantitative estimate of drug-likeness (QED) is 0.704. The average molecular weight is 381 g/mol. The Morgan fingerprint density at radius 3 is 2.50 bits per heavy atom. The summed E-state index contributed by atoms with van der Waals surface area (Å²) in [7, 11) is -3.61. The first-order chi connectivity index (χ1) is 12.3. The van der Waals surface area contributed by atoms with Crippen molar-refractivity contribution in [3.05, 3.63) is 35.9 Å². The molecule has 7 heteroatoms. The first-order valence-corrected chi connectivity index (χ1v) is 10.9. The molecular weight excluding hydrogens is 352 g/mol. The number of benzene rings is 1. The highest BCUT2D eigenvalue weighted by Crippen LogP contribution is 2.24. The molecule has 144 valence electrons. The van der Waals surface area contributed by atoms with Crippen molar-refractivity contribution in [3.8, 4) is 5.75 Å². The van der Waals surface area contributed by atoms with Gasteiger partial charge < -0.3 is 10.1 Å². The molecule has 26 heavy (non-hydrogen) atoms. The van der Waals surface area contributed by atoms with Crippen LogP contribution in [0, 0.1) is 0 Å². The lowest BCUT2D eigenvalue weighted by molar-refractivity contribution is -0.121. The second-order valence-corrected chi connectivity index (χ2v) is 8.35. The van der Waals surface area contributed by atoms with Crippen molar-refractivity contribution in [1.29, 1.82) is 0 Å². The Morgan fingerprint density at radius 2 is 1.96 bits per heavy atom. The van der Waals surface area contributed by atoms with E-state index >= 15 is 0 Å². The molecule has 1 unspecified atom stereocenters. The van der Waals surface area contributed by atoms with Gasteiger partial charge >= 0.3 is 0 Å². The summed E-state index contributed by atoms with van der Waals surface area (Å²) < 4.78 is 31.1. The van der Waals surface area contributed by atoms with Gasteiger partial charge in [0.15, 0.2) is 0 Å². The lowest BCUT2D eigenvalue weighted by Gasteiger charge is -2.28. The largest absolute Gasteiger partial charge is 0.494 e. The molecule has 0 bridgehead atoms. The Hall–Kier alpha value is -2.02. The van der Waals surface area contributed by atoms with Crippen molar-refractivity contribution in [2.45, 2.75) is 45.6 Å². The van der Waals surface area contributed by atoms with Crippen LogP contribution in [0.3, 0.4) is 0 Å². The fraction of sp³-hybridized carbons (Fsp3) is 0.526. The van der Waals surface area contributed by atoms with Crippen LogP contribution in [-0.2, 0) is 14.8 Å². The van der Waals surface area contributed by atoms with Gasteiger partial charge in [0.2, 0.25) is 15.9 Å².